The summed E-state index contributed by atoms with van der Waals surface area (Å²) in [7, 11) is 0. The van der Waals surface area contributed by atoms with Crippen LogP contribution in [0.25, 0.3) is 0 Å². The normalized spacial score (nSPS) is 11.8. The highest BCUT2D eigenvalue weighted by molar-refractivity contribution is 5.77. The van der Waals surface area contributed by atoms with E-state index in [1.807, 2.05) is 30.3 Å². The SMILES string of the molecule is O=C(O)Cc1cccc(C(Cc2ccccc2)C(=O)O)c1. The summed E-state index contributed by atoms with van der Waals surface area (Å²) in [5, 5.41) is 18.3. The Balaban J connectivity index is 2.26. The van der Waals surface area contributed by atoms with Crippen molar-refractivity contribution in [3.8, 4) is 0 Å². The number of aliphatic carboxylic acids is 2. The molecule has 21 heavy (non-hydrogen) atoms. The highest BCUT2D eigenvalue weighted by Gasteiger charge is 2.20. The van der Waals surface area contributed by atoms with E-state index in [9.17, 15) is 14.7 Å². The lowest BCUT2D eigenvalue weighted by Gasteiger charge is -2.14. The lowest BCUT2D eigenvalue weighted by Crippen LogP contribution is -2.15. The van der Waals surface area contributed by atoms with E-state index in [-0.39, 0.29) is 6.42 Å². The second-order valence-electron chi connectivity index (χ2n) is 4.90. The molecule has 4 heteroatoms. The maximum absolute atomic E-state index is 11.5. The van der Waals surface area contributed by atoms with Crippen LogP contribution in [0.3, 0.4) is 0 Å². The number of hydrogen-bond donors (Lipinski definition) is 2. The molecule has 2 aromatic carbocycles. The first-order valence-electron chi connectivity index (χ1n) is 6.63. The number of rotatable bonds is 6. The molecule has 2 aromatic rings. The first-order valence-corrected chi connectivity index (χ1v) is 6.63. The van der Waals surface area contributed by atoms with E-state index >= 15 is 0 Å². The largest absolute Gasteiger partial charge is 0.481 e. The smallest absolute Gasteiger partial charge is 0.311 e. The minimum absolute atomic E-state index is 0.106. The maximum atomic E-state index is 11.5. The van der Waals surface area contributed by atoms with Crippen LogP contribution < -0.4 is 0 Å². The maximum Gasteiger partial charge on any atom is 0.311 e. The van der Waals surface area contributed by atoms with Gasteiger partial charge in [0, 0.05) is 0 Å². The molecule has 108 valence electrons. The minimum atomic E-state index is -0.929. The molecule has 0 fully saturated rings. The second-order valence-corrected chi connectivity index (χ2v) is 4.90. The molecule has 2 N–H and O–H groups in total. The van der Waals surface area contributed by atoms with Crippen molar-refractivity contribution in [2.24, 2.45) is 0 Å². The van der Waals surface area contributed by atoms with Crippen molar-refractivity contribution in [1.82, 2.24) is 0 Å². The van der Waals surface area contributed by atoms with E-state index in [1.165, 1.54) is 0 Å². The molecule has 1 unspecified atom stereocenters. The lowest BCUT2D eigenvalue weighted by atomic mass is 9.91. The van der Waals surface area contributed by atoms with Crippen molar-refractivity contribution >= 4 is 11.9 Å². The molecule has 0 saturated carbocycles. The van der Waals surface area contributed by atoms with E-state index in [2.05, 4.69) is 0 Å². The van der Waals surface area contributed by atoms with Gasteiger partial charge in [-0.15, -0.1) is 0 Å². The number of carboxylic acids is 2. The number of benzene rings is 2. The van der Waals surface area contributed by atoms with E-state index in [1.54, 1.807) is 24.3 Å². The van der Waals surface area contributed by atoms with Crippen molar-refractivity contribution < 1.29 is 19.8 Å². The Labute approximate surface area is 122 Å². The molecule has 4 nitrogen and oxygen atoms in total. The van der Waals surface area contributed by atoms with Crippen LogP contribution in [0.2, 0.25) is 0 Å². The highest BCUT2D eigenvalue weighted by atomic mass is 16.4. The zero-order chi connectivity index (χ0) is 15.2. The van der Waals surface area contributed by atoms with Crippen LogP contribution in [0.4, 0.5) is 0 Å². The standard InChI is InChI=1S/C17H16O4/c18-16(19)11-13-7-4-8-14(9-13)15(17(20)21)10-12-5-2-1-3-6-12/h1-9,15H,10-11H2,(H,18,19)(H,20,21). The van der Waals surface area contributed by atoms with Gasteiger partial charge in [-0.1, -0.05) is 54.6 Å². The van der Waals surface area contributed by atoms with Gasteiger partial charge in [-0.05, 0) is 23.1 Å². The van der Waals surface area contributed by atoms with Gasteiger partial charge in [0.05, 0.1) is 12.3 Å². The van der Waals surface area contributed by atoms with Crippen LogP contribution in [0.1, 0.15) is 22.6 Å². The molecule has 1 atom stereocenters. The highest BCUT2D eigenvalue weighted by Crippen LogP contribution is 2.22. The summed E-state index contributed by atoms with van der Waals surface area (Å²) in [6, 6.07) is 16.2. The number of carbonyl (C=O) groups is 2. The van der Waals surface area contributed by atoms with Gasteiger partial charge in [-0.25, -0.2) is 0 Å². The Morgan fingerprint density at radius 3 is 2.19 bits per heavy atom. The summed E-state index contributed by atoms with van der Waals surface area (Å²) in [4.78, 5) is 22.3. The number of hydrogen-bond acceptors (Lipinski definition) is 2. The lowest BCUT2D eigenvalue weighted by molar-refractivity contribution is -0.139. The molecular weight excluding hydrogens is 268 g/mol. The Kier molecular flexibility index (Phi) is 4.72. The molecule has 2 rings (SSSR count). The van der Waals surface area contributed by atoms with Crippen LogP contribution in [0, 0.1) is 0 Å². The zero-order valence-corrected chi connectivity index (χ0v) is 11.4. The van der Waals surface area contributed by atoms with Crippen LogP contribution in [0.5, 0.6) is 0 Å². The fraction of sp³-hybridized carbons (Fsp3) is 0.176. The Hall–Kier alpha value is -2.62. The van der Waals surface area contributed by atoms with Crippen molar-refractivity contribution in [2.75, 3.05) is 0 Å². The molecule has 0 aliphatic carbocycles. The van der Waals surface area contributed by atoms with E-state index in [0.29, 0.717) is 17.5 Å². The van der Waals surface area contributed by atoms with Crippen molar-refractivity contribution in [2.45, 2.75) is 18.8 Å². The Morgan fingerprint density at radius 1 is 0.905 bits per heavy atom. The fourth-order valence-corrected chi connectivity index (χ4v) is 2.29. The summed E-state index contributed by atoms with van der Waals surface area (Å²) in [6.07, 6.45) is 0.276. The predicted molar refractivity (Wildman–Crippen MR) is 78.3 cm³/mol. The van der Waals surface area contributed by atoms with Crippen molar-refractivity contribution in [3.05, 3.63) is 71.3 Å². The van der Waals surface area contributed by atoms with Gasteiger partial charge in [0.15, 0.2) is 0 Å². The van der Waals surface area contributed by atoms with Gasteiger partial charge < -0.3 is 10.2 Å². The average Bonchev–Trinajstić information content (AvgIpc) is 2.45. The molecule has 0 bridgehead atoms. The molecule has 0 radical (unpaired) electrons. The predicted octanol–water partition coefficient (Wildman–Crippen LogP) is 2.72. The average molecular weight is 284 g/mol. The molecular formula is C17H16O4. The van der Waals surface area contributed by atoms with Gasteiger partial charge in [0.1, 0.15) is 0 Å². The van der Waals surface area contributed by atoms with Crippen LogP contribution in [-0.4, -0.2) is 22.2 Å². The Morgan fingerprint density at radius 2 is 1.57 bits per heavy atom. The molecule has 0 heterocycles. The first kappa shape index (κ1) is 14.8. The molecule has 0 saturated heterocycles. The van der Waals surface area contributed by atoms with Crippen molar-refractivity contribution in [3.63, 3.8) is 0 Å². The van der Waals surface area contributed by atoms with E-state index in [4.69, 9.17) is 5.11 Å². The third kappa shape index (κ3) is 4.18. The van der Waals surface area contributed by atoms with Gasteiger partial charge >= 0.3 is 11.9 Å². The minimum Gasteiger partial charge on any atom is -0.481 e. The molecule has 0 amide bonds. The van der Waals surface area contributed by atoms with E-state index in [0.717, 1.165) is 5.56 Å². The molecule has 0 aromatic heterocycles. The topological polar surface area (TPSA) is 74.6 Å². The van der Waals surface area contributed by atoms with Crippen LogP contribution in [0.15, 0.2) is 54.6 Å². The summed E-state index contributed by atoms with van der Waals surface area (Å²) in [5.41, 5.74) is 2.18. The van der Waals surface area contributed by atoms with Crippen LogP contribution in [-0.2, 0) is 22.4 Å². The van der Waals surface area contributed by atoms with Crippen LogP contribution >= 0.6 is 0 Å². The molecule has 0 spiro atoms. The van der Waals surface area contributed by atoms with E-state index < -0.39 is 17.9 Å². The third-order valence-corrected chi connectivity index (χ3v) is 3.29. The zero-order valence-electron chi connectivity index (χ0n) is 11.4. The van der Waals surface area contributed by atoms with Gasteiger partial charge in [-0.3, -0.25) is 9.59 Å². The quantitative estimate of drug-likeness (QED) is 0.855. The van der Waals surface area contributed by atoms with Gasteiger partial charge in [-0.2, -0.15) is 0 Å². The van der Waals surface area contributed by atoms with Gasteiger partial charge in [0.25, 0.3) is 0 Å². The monoisotopic (exact) mass is 284 g/mol. The number of carboxylic acid groups (broad SMARTS) is 2. The molecule has 0 aliphatic rings. The summed E-state index contributed by atoms with van der Waals surface area (Å²) in [6.45, 7) is 0. The van der Waals surface area contributed by atoms with Gasteiger partial charge in [0.2, 0.25) is 0 Å². The third-order valence-electron chi connectivity index (χ3n) is 3.29. The molecule has 0 aliphatic heterocycles. The fourth-order valence-electron chi connectivity index (χ4n) is 2.29. The summed E-state index contributed by atoms with van der Waals surface area (Å²) >= 11 is 0. The first-order chi connectivity index (χ1) is 10.1. The second kappa shape index (κ2) is 6.70. The summed E-state index contributed by atoms with van der Waals surface area (Å²) < 4.78 is 0. The Bertz CT molecular complexity index is 634. The summed E-state index contributed by atoms with van der Waals surface area (Å²) in [5.74, 6) is -2.52. The van der Waals surface area contributed by atoms with Crippen molar-refractivity contribution in [1.29, 1.82) is 0 Å².